The molecule has 7 nitrogen and oxygen atoms in total. The maximum Gasteiger partial charge on any atom is 0.130 e. The SMILES string of the molecule is C=C(Nc1ccccn1)c1ccc(C(NC)C2=C(NCc3ccc(OC)cc3CC)N(C)CC(C)=C2N)cc1. The van der Waals surface area contributed by atoms with Gasteiger partial charge in [0.25, 0.3) is 0 Å². The molecule has 4 rings (SSSR count). The van der Waals surface area contributed by atoms with Gasteiger partial charge in [0, 0.05) is 43.3 Å². The van der Waals surface area contributed by atoms with E-state index in [9.17, 15) is 0 Å². The number of benzene rings is 2. The van der Waals surface area contributed by atoms with Gasteiger partial charge in [0.1, 0.15) is 17.4 Å². The molecule has 7 heteroatoms. The molecule has 0 bridgehead atoms. The van der Waals surface area contributed by atoms with Crippen molar-refractivity contribution in [2.24, 2.45) is 5.73 Å². The van der Waals surface area contributed by atoms with Gasteiger partial charge in [-0.25, -0.2) is 4.98 Å². The third-order valence-electron chi connectivity index (χ3n) is 7.22. The summed E-state index contributed by atoms with van der Waals surface area (Å²) in [6.07, 6.45) is 2.69. The molecule has 204 valence electrons. The summed E-state index contributed by atoms with van der Waals surface area (Å²) in [5.41, 5.74) is 15.2. The summed E-state index contributed by atoms with van der Waals surface area (Å²) < 4.78 is 5.43. The van der Waals surface area contributed by atoms with E-state index in [1.807, 2.05) is 31.3 Å². The minimum atomic E-state index is -0.0993. The number of nitrogens with two attached hydrogens (primary N) is 1. The monoisotopic (exact) mass is 524 g/mol. The molecule has 0 saturated heterocycles. The number of aromatic nitrogens is 1. The third-order valence-corrected chi connectivity index (χ3v) is 7.22. The molecule has 0 saturated carbocycles. The number of nitrogens with zero attached hydrogens (tertiary/aromatic N) is 2. The summed E-state index contributed by atoms with van der Waals surface area (Å²) >= 11 is 0. The van der Waals surface area contributed by atoms with E-state index >= 15 is 0 Å². The molecule has 39 heavy (non-hydrogen) atoms. The first kappa shape index (κ1) is 27.8. The van der Waals surface area contributed by atoms with Gasteiger partial charge in [0.05, 0.1) is 13.2 Å². The van der Waals surface area contributed by atoms with Crippen LogP contribution in [0.15, 0.2) is 96.1 Å². The molecule has 1 unspecified atom stereocenters. The molecule has 2 heterocycles. The number of rotatable bonds is 11. The minimum absolute atomic E-state index is 0.0993. The number of ether oxygens (including phenoxy) is 1. The molecule has 0 radical (unpaired) electrons. The predicted molar refractivity (Wildman–Crippen MR) is 161 cm³/mol. The highest BCUT2D eigenvalue weighted by Crippen LogP contribution is 2.33. The van der Waals surface area contributed by atoms with Crippen molar-refractivity contribution in [3.05, 3.63) is 118 Å². The zero-order valence-corrected chi connectivity index (χ0v) is 23.6. The molecule has 1 aliphatic heterocycles. The molecular formula is C32H40N6O. The molecule has 1 aromatic heterocycles. The van der Waals surface area contributed by atoms with E-state index in [0.717, 1.165) is 64.0 Å². The standard InChI is InChI=1S/C32H40N6O/c1-7-23-18-27(39-6)16-15-26(23)19-36-32-29(30(33)21(2)20-38(32)5)31(34-4)25-13-11-24(12-14-25)22(3)37-28-10-8-9-17-35-28/h8-18,31,34,36H,3,7,19-20,33H2,1-2,4-6H3,(H,35,37). The number of anilines is 1. The average molecular weight is 525 g/mol. The van der Waals surface area contributed by atoms with Crippen molar-refractivity contribution < 1.29 is 4.74 Å². The molecule has 5 N–H and O–H groups in total. The van der Waals surface area contributed by atoms with E-state index in [1.165, 1.54) is 11.1 Å². The molecule has 1 atom stereocenters. The van der Waals surface area contributed by atoms with Crippen LogP contribution in [0, 0.1) is 0 Å². The van der Waals surface area contributed by atoms with Gasteiger partial charge in [0.2, 0.25) is 0 Å². The summed E-state index contributed by atoms with van der Waals surface area (Å²) in [6, 6.07) is 20.3. The van der Waals surface area contributed by atoms with Crippen LogP contribution in [0.25, 0.3) is 5.70 Å². The molecule has 0 amide bonds. The fourth-order valence-electron chi connectivity index (χ4n) is 5.03. The molecular weight excluding hydrogens is 484 g/mol. The second-order valence-corrected chi connectivity index (χ2v) is 9.82. The van der Waals surface area contributed by atoms with Crippen LogP contribution in [0.1, 0.15) is 42.1 Å². The quantitative estimate of drug-likeness (QED) is 0.275. The first-order chi connectivity index (χ1) is 18.9. The van der Waals surface area contributed by atoms with Crippen LogP contribution in [0.3, 0.4) is 0 Å². The van der Waals surface area contributed by atoms with E-state index < -0.39 is 0 Å². The van der Waals surface area contributed by atoms with Crippen molar-refractivity contribution in [2.45, 2.75) is 32.9 Å². The van der Waals surface area contributed by atoms with Crippen LogP contribution in [0.4, 0.5) is 5.82 Å². The van der Waals surface area contributed by atoms with Gasteiger partial charge in [-0.05, 0) is 72.5 Å². The lowest BCUT2D eigenvalue weighted by molar-refractivity contribution is 0.387. The fourth-order valence-corrected chi connectivity index (χ4v) is 5.03. The third kappa shape index (κ3) is 6.26. The zero-order chi connectivity index (χ0) is 27.9. The fraction of sp³-hybridized carbons (Fsp3) is 0.281. The van der Waals surface area contributed by atoms with E-state index in [4.69, 9.17) is 10.5 Å². The number of likely N-dealkylation sites (N-methyl/N-ethyl adjacent to an activating group) is 2. The van der Waals surface area contributed by atoms with Crippen molar-refractivity contribution in [1.82, 2.24) is 20.5 Å². The normalized spacial score (nSPS) is 14.3. The smallest absolute Gasteiger partial charge is 0.130 e. The van der Waals surface area contributed by atoms with Crippen LogP contribution >= 0.6 is 0 Å². The number of pyridine rings is 1. The van der Waals surface area contributed by atoms with Crippen molar-refractivity contribution in [1.29, 1.82) is 0 Å². The average Bonchev–Trinajstić information content (AvgIpc) is 2.96. The zero-order valence-electron chi connectivity index (χ0n) is 23.6. The summed E-state index contributed by atoms with van der Waals surface area (Å²) in [5, 5.41) is 10.5. The van der Waals surface area contributed by atoms with Crippen LogP contribution in [-0.4, -0.2) is 37.6 Å². The molecule has 3 aromatic rings. The Morgan fingerprint density at radius 3 is 2.54 bits per heavy atom. The van der Waals surface area contributed by atoms with Crippen molar-refractivity contribution in [3.63, 3.8) is 0 Å². The lowest BCUT2D eigenvalue weighted by atomic mass is 9.91. The van der Waals surface area contributed by atoms with Gasteiger partial charge in [-0.1, -0.05) is 49.9 Å². The molecule has 0 spiro atoms. The Kier molecular flexibility index (Phi) is 8.94. The minimum Gasteiger partial charge on any atom is -0.497 e. The Bertz CT molecular complexity index is 1360. The number of hydrogen-bond acceptors (Lipinski definition) is 7. The summed E-state index contributed by atoms with van der Waals surface area (Å²) in [7, 11) is 5.78. The van der Waals surface area contributed by atoms with Gasteiger partial charge in [-0.2, -0.15) is 0 Å². The topological polar surface area (TPSA) is 87.5 Å². The molecule has 2 aromatic carbocycles. The summed E-state index contributed by atoms with van der Waals surface area (Å²) in [6.45, 7) is 9.93. The Morgan fingerprint density at radius 2 is 1.90 bits per heavy atom. The highest BCUT2D eigenvalue weighted by Gasteiger charge is 2.28. The maximum absolute atomic E-state index is 6.78. The van der Waals surface area contributed by atoms with Crippen LogP contribution in [-0.2, 0) is 13.0 Å². The number of aryl methyl sites for hydroxylation is 1. The van der Waals surface area contributed by atoms with Crippen molar-refractivity contribution in [2.75, 3.05) is 33.1 Å². The Labute approximate surface area is 232 Å². The van der Waals surface area contributed by atoms with Crippen molar-refractivity contribution in [3.8, 4) is 5.75 Å². The van der Waals surface area contributed by atoms with Gasteiger partial charge in [0.15, 0.2) is 0 Å². The Balaban J connectivity index is 1.63. The highest BCUT2D eigenvalue weighted by molar-refractivity contribution is 5.73. The lowest BCUT2D eigenvalue weighted by Gasteiger charge is -2.36. The first-order valence-electron chi connectivity index (χ1n) is 13.3. The van der Waals surface area contributed by atoms with E-state index in [-0.39, 0.29) is 6.04 Å². The van der Waals surface area contributed by atoms with Gasteiger partial charge >= 0.3 is 0 Å². The molecule has 0 fully saturated rings. The Morgan fingerprint density at radius 1 is 1.13 bits per heavy atom. The molecule has 1 aliphatic rings. The van der Waals surface area contributed by atoms with Gasteiger partial charge in [-0.15, -0.1) is 0 Å². The van der Waals surface area contributed by atoms with Crippen LogP contribution in [0.2, 0.25) is 0 Å². The van der Waals surface area contributed by atoms with Crippen LogP contribution in [0.5, 0.6) is 5.75 Å². The second kappa shape index (κ2) is 12.5. The second-order valence-electron chi connectivity index (χ2n) is 9.82. The van der Waals surface area contributed by atoms with Gasteiger partial charge in [-0.3, -0.25) is 0 Å². The van der Waals surface area contributed by atoms with Crippen LogP contribution < -0.4 is 26.4 Å². The number of nitrogens with one attached hydrogen (secondary N) is 3. The number of methoxy groups -OCH3 is 1. The maximum atomic E-state index is 6.78. The van der Waals surface area contributed by atoms with E-state index in [1.54, 1.807) is 13.3 Å². The Hall–Kier alpha value is -4.23. The summed E-state index contributed by atoms with van der Waals surface area (Å²) in [5.74, 6) is 2.67. The number of hydrogen-bond donors (Lipinski definition) is 4. The lowest BCUT2D eigenvalue weighted by Crippen LogP contribution is -2.39. The molecule has 0 aliphatic carbocycles. The van der Waals surface area contributed by atoms with Gasteiger partial charge < -0.3 is 31.3 Å². The largest absolute Gasteiger partial charge is 0.497 e. The van der Waals surface area contributed by atoms with E-state index in [0.29, 0.717) is 6.54 Å². The summed E-state index contributed by atoms with van der Waals surface area (Å²) in [4.78, 5) is 6.57. The van der Waals surface area contributed by atoms with E-state index in [2.05, 4.69) is 89.7 Å². The first-order valence-corrected chi connectivity index (χ1v) is 13.3. The predicted octanol–water partition coefficient (Wildman–Crippen LogP) is 5.18. The van der Waals surface area contributed by atoms with Crippen molar-refractivity contribution >= 4 is 11.5 Å². The highest BCUT2D eigenvalue weighted by atomic mass is 16.5.